The van der Waals surface area contributed by atoms with E-state index < -0.39 is 6.04 Å². The molecule has 0 bridgehead atoms. The number of hydrogen-bond acceptors (Lipinski definition) is 3. The van der Waals surface area contributed by atoms with Gasteiger partial charge in [-0.2, -0.15) is 0 Å². The largest absolute Gasteiger partial charge is 0.352 e. The van der Waals surface area contributed by atoms with E-state index in [2.05, 4.69) is 10.3 Å². The van der Waals surface area contributed by atoms with Crippen LogP contribution in [0.2, 0.25) is 0 Å². The lowest BCUT2D eigenvalue weighted by Gasteiger charge is -2.26. The number of hydrogen-bond donors (Lipinski definition) is 1. The van der Waals surface area contributed by atoms with Crippen LogP contribution in [0.15, 0.2) is 54.9 Å². The molecule has 3 aromatic rings. The zero-order valence-electron chi connectivity index (χ0n) is 15.2. The fourth-order valence-corrected chi connectivity index (χ4v) is 3.07. The van der Waals surface area contributed by atoms with Crippen molar-refractivity contribution in [2.24, 2.45) is 0 Å². The van der Waals surface area contributed by atoms with E-state index in [-0.39, 0.29) is 17.8 Å². The molecule has 5 nitrogen and oxygen atoms in total. The van der Waals surface area contributed by atoms with Gasteiger partial charge in [0.25, 0.3) is 0 Å². The molecule has 3 rings (SSSR count). The van der Waals surface area contributed by atoms with Gasteiger partial charge in [0.1, 0.15) is 11.9 Å². The van der Waals surface area contributed by atoms with Crippen LogP contribution < -0.4 is 5.32 Å². The molecule has 26 heavy (non-hydrogen) atoms. The molecule has 1 heterocycles. The first kappa shape index (κ1) is 18.1. The number of para-hydroxylation sites is 2. The number of rotatable bonds is 6. The number of fused-ring (bicyclic) bond motifs is 1. The van der Waals surface area contributed by atoms with Crippen molar-refractivity contribution in [2.45, 2.75) is 19.0 Å². The van der Waals surface area contributed by atoms with Crippen LogP contribution in [0.25, 0.3) is 11.0 Å². The highest BCUT2D eigenvalue weighted by Crippen LogP contribution is 2.20. The molecule has 0 aliphatic rings. The maximum Gasteiger partial charge on any atom is 0.242 e. The van der Waals surface area contributed by atoms with Gasteiger partial charge in [-0.3, -0.25) is 4.79 Å². The van der Waals surface area contributed by atoms with Gasteiger partial charge >= 0.3 is 0 Å². The van der Waals surface area contributed by atoms with Gasteiger partial charge in [-0.25, -0.2) is 9.37 Å². The highest BCUT2D eigenvalue weighted by molar-refractivity contribution is 5.83. The third-order valence-corrected chi connectivity index (χ3v) is 4.60. The Balaban J connectivity index is 1.72. The van der Waals surface area contributed by atoms with Crippen molar-refractivity contribution in [3.8, 4) is 0 Å². The van der Waals surface area contributed by atoms with Gasteiger partial charge in [0.15, 0.2) is 0 Å². The summed E-state index contributed by atoms with van der Waals surface area (Å²) in [6, 6.07) is 13.7. The van der Waals surface area contributed by atoms with Crippen molar-refractivity contribution in [3.05, 3.63) is 66.2 Å². The Morgan fingerprint density at radius 2 is 2.00 bits per heavy atom. The van der Waals surface area contributed by atoms with Crippen molar-refractivity contribution in [1.82, 2.24) is 19.8 Å². The van der Waals surface area contributed by atoms with E-state index in [1.807, 2.05) is 60.8 Å². The monoisotopic (exact) mass is 354 g/mol. The van der Waals surface area contributed by atoms with E-state index in [0.29, 0.717) is 6.54 Å². The minimum absolute atomic E-state index is 0.101. The number of imidazole rings is 1. The second-order valence-electron chi connectivity index (χ2n) is 6.60. The smallest absolute Gasteiger partial charge is 0.242 e. The summed E-state index contributed by atoms with van der Waals surface area (Å²) in [6.45, 7) is 2.24. The molecule has 1 N–H and O–H groups in total. The first-order valence-corrected chi connectivity index (χ1v) is 8.58. The Hall–Kier alpha value is -2.73. The SMILES string of the molecule is CC(C(=O)NCC(c1cccc(F)c1)N(C)C)n1cnc2ccccc21. The molecule has 0 fully saturated rings. The lowest BCUT2D eigenvalue weighted by atomic mass is 10.1. The van der Waals surface area contributed by atoms with E-state index in [1.54, 1.807) is 12.4 Å². The van der Waals surface area contributed by atoms with Crippen molar-refractivity contribution in [3.63, 3.8) is 0 Å². The molecule has 2 atom stereocenters. The van der Waals surface area contributed by atoms with E-state index in [0.717, 1.165) is 16.6 Å². The van der Waals surface area contributed by atoms with Crippen molar-refractivity contribution in [1.29, 1.82) is 0 Å². The molecule has 2 unspecified atom stereocenters. The molecule has 0 aliphatic carbocycles. The zero-order chi connectivity index (χ0) is 18.7. The Morgan fingerprint density at radius 3 is 2.73 bits per heavy atom. The van der Waals surface area contributed by atoms with E-state index in [4.69, 9.17) is 0 Å². The summed E-state index contributed by atoms with van der Waals surface area (Å²) in [4.78, 5) is 19.0. The number of halogens is 1. The van der Waals surface area contributed by atoms with Crippen LogP contribution in [-0.4, -0.2) is 41.0 Å². The van der Waals surface area contributed by atoms with E-state index >= 15 is 0 Å². The van der Waals surface area contributed by atoms with Crippen LogP contribution in [0.5, 0.6) is 0 Å². The predicted octanol–water partition coefficient (Wildman–Crippen LogP) is 3.16. The average Bonchev–Trinajstić information content (AvgIpc) is 3.05. The van der Waals surface area contributed by atoms with E-state index in [1.165, 1.54) is 12.1 Å². The number of nitrogens with one attached hydrogen (secondary N) is 1. The topological polar surface area (TPSA) is 50.2 Å². The van der Waals surface area contributed by atoms with Crippen molar-refractivity contribution < 1.29 is 9.18 Å². The molecule has 0 spiro atoms. The van der Waals surface area contributed by atoms with Gasteiger partial charge in [-0.15, -0.1) is 0 Å². The Labute approximate surface area is 152 Å². The predicted molar refractivity (Wildman–Crippen MR) is 100 cm³/mol. The molecular formula is C20H23FN4O. The third kappa shape index (κ3) is 3.75. The third-order valence-electron chi connectivity index (χ3n) is 4.60. The number of carbonyl (C=O) groups excluding carboxylic acids is 1. The van der Waals surface area contributed by atoms with Gasteiger partial charge in [0, 0.05) is 6.54 Å². The van der Waals surface area contributed by atoms with Gasteiger partial charge in [0.05, 0.1) is 23.4 Å². The van der Waals surface area contributed by atoms with Crippen LogP contribution in [0, 0.1) is 5.82 Å². The van der Waals surface area contributed by atoms with Gasteiger partial charge in [-0.05, 0) is 50.8 Å². The lowest BCUT2D eigenvalue weighted by molar-refractivity contribution is -0.124. The maximum atomic E-state index is 13.5. The molecule has 0 saturated heterocycles. The molecule has 2 aromatic carbocycles. The second-order valence-corrected chi connectivity index (χ2v) is 6.60. The normalized spacial score (nSPS) is 13.7. The van der Waals surface area contributed by atoms with Crippen LogP contribution >= 0.6 is 0 Å². The quantitative estimate of drug-likeness (QED) is 0.740. The number of benzene rings is 2. The maximum absolute atomic E-state index is 13.5. The van der Waals surface area contributed by atoms with E-state index in [9.17, 15) is 9.18 Å². The first-order chi connectivity index (χ1) is 12.5. The average molecular weight is 354 g/mol. The fraction of sp³-hybridized carbons (Fsp3) is 0.300. The number of aromatic nitrogens is 2. The van der Waals surface area contributed by atoms with Gasteiger partial charge in [0.2, 0.25) is 5.91 Å². The highest BCUT2D eigenvalue weighted by atomic mass is 19.1. The molecule has 0 aliphatic heterocycles. The summed E-state index contributed by atoms with van der Waals surface area (Å²) in [6.07, 6.45) is 1.69. The molecule has 1 amide bonds. The molecule has 1 aromatic heterocycles. The summed E-state index contributed by atoms with van der Waals surface area (Å²) in [7, 11) is 3.82. The summed E-state index contributed by atoms with van der Waals surface area (Å²) < 4.78 is 15.4. The Bertz CT molecular complexity index is 905. The minimum Gasteiger partial charge on any atom is -0.352 e. The highest BCUT2D eigenvalue weighted by Gasteiger charge is 2.20. The first-order valence-electron chi connectivity index (χ1n) is 8.58. The second kappa shape index (κ2) is 7.66. The molecule has 0 saturated carbocycles. The molecule has 136 valence electrons. The van der Waals surface area contributed by atoms with Gasteiger partial charge < -0.3 is 14.8 Å². The minimum atomic E-state index is -0.391. The van der Waals surface area contributed by atoms with Crippen molar-refractivity contribution >= 4 is 16.9 Å². The summed E-state index contributed by atoms with van der Waals surface area (Å²) in [5, 5.41) is 2.98. The summed E-state index contributed by atoms with van der Waals surface area (Å²) >= 11 is 0. The Morgan fingerprint density at radius 1 is 1.23 bits per heavy atom. The summed E-state index contributed by atoms with van der Waals surface area (Å²) in [5.74, 6) is -0.379. The van der Waals surface area contributed by atoms with Crippen LogP contribution in [0.4, 0.5) is 4.39 Å². The number of amides is 1. The fourth-order valence-electron chi connectivity index (χ4n) is 3.07. The number of nitrogens with zero attached hydrogens (tertiary/aromatic N) is 3. The molecular weight excluding hydrogens is 331 g/mol. The number of likely N-dealkylation sites (N-methyl/N-ethyl adjacent to an activating group) is 1. The molecule has 6 heteroatoms. The number of carbonyl (C=O) groups is 1. The Kier molecular flexibility index (Phi) is 5.32. The zero-order valence-corrected chi connectivity index (χ0v) is 15.2. The molecule has 0 radical (unpaired) electrons. The summed E-state index contributed by atoms with van der Waals surface area (Å²) in [5.41, 5.74) is 2.61. The van der Waals surface area contributed by atoms with Crippen LogP contribution in [0.1, 0.15) is 24.6 Å². The van der Waals surface area contributed by atoms with Gasteiger partial charge in [-0.1, -0.05) is 24.3 Å². The van der Waals surface area contributed by atoms with Crippen molar-refractivity contribution in [2.75, 3.05) is 20.6 Å². The van der Waals surface area contributed by atoms with Crippen LogP contribution in [0.3, 0.4) is 0 Å². The standard InChI is InChI=1S/C20H23FN4O/c1-14(25-13-23-17-9-4-5-10-18(17)25)20(26)22-12-19(24(2)3)15-7-6-8-16(21)11-15/h4-11,13-14,19H,12H2,1-3H3,(H,22,26). The van der Waals surface area contributed by atoms with Crippen LogP contribution in [-0.2, 0) is 4.79 Å². The lowest BCUT2D eigenvalue weighted by Crippen LogP contribution is -2.37.